The predicted molar refractivity (Wildman–Crippen MR) is 109 cm³/mol. The van der Waals surface area contributed by atoms with Crippen molar-refractivity contribution in [3.63, 3.8) is 0 Å². The first-order valence-corrected chi connectivity index (χ1v) is 9.41. The molecule has 10 nitrogen and oxygen atoms in total. The number of halogens is 1. The Morgan fingerprint density at radius 1 is 1.41 bits per heavy atom. The van der Waals surface area contributed by atoms with E-state index in [0.29, 0.717) is 48.1 Å². The molecule has 0 saturated carbocycles. The van der Waals surface area contributed by atoms with Crippen LogP contribution in [-0.4, -0.2) is 61.1 Å². The number of anilines is 2. The molecule has 0 spiro atoms. The number of carboxylic acid groups (broad SMARTS) is 1. The molecule has 3 heterocycles. The molecule has 11 heteroatoms. The first-order valence-electron chi connectivity index (χ1n) is 9.03. The van der Waals surface area contributed by atoms with Crippen LogP contribution in [0.2, 0.25) is 5.28 Å². The number of amides is 1. The number of carbonyl (C=O) groups is 1. The molecule has 3 rings (SSSR count). The van der Waals surface area contributed by atoms with Crippen LogP contribution >= 0.6 is 11.6 Å². The summed E-state index contributed by atoms with van der Waals surface area (Å²) < 4.78 is 7.15. The smallest absolute Gasteiger partial charge is 0.407 e. The minimum Gasteiger partial charge on any atom is -0.465 e. The van der Waals surface area contributed by atoms with Crippen LogP contribution < -0.4 is 5.32 Å². The highest BCUT2D eigenvalue weighted by molar-refractivity contribution is 6.28. The molecule has 2 N–H and O–H groups in total. The zero-order valence-corrected chi connectivity index (χ0v) is 17.1. The van der Waals surface area contributed by atoms with Gasteiger partial charge in [0.25, 0.3) is 0 Å². The third-order valence-electron chi connectivity index (χ3n) is 4.16. The number of pyridine rings is 1. The lowest BCUT2D eigenvalue weighted by Gasteiger charge is -2.10. The average Bonchev–Trinajstić information content (AvgIpc) is 2.99. The van der Waals surface area contributed by atoms with Gasteiger partial charge in [0.05, 0.1) is 19.7 Å². The summed E-state index contributed by atoms with van der Waals surface area (Å²) in [5, 5.41) is 17.0. The third-order valence-corrected chi connectivity index (χ3v) is 4.33. The second-order valence-corrected chi connectivity index (χ2v) is 6.73. The fourth-order valence-corrected chi connectivity index (χ4v) is 2.95. The lowest BCUT2D eigenvalue weighted by atomic mass is 10.3. The van der Waals surface area contributed by atoms with E-state index in [9.17, 15) is 9.90 Å². The minimum absolute atomic E-state index is 0.0243. The predicted octanol–water partition coefficient (Wildman–Crippen LogP) is 3.07. The van der Waals surface area contributed by atoms with Crippen molar-refractivity contribution in [3.05, 3.63) is 34.9 Å². The van der Waals surface area contributed by atoms with Gasteiger partial charge in [0.2, 0.25) is 5.28 Å². The Balaban J connectivity index is 2.09. The van der Waals surface area contributed by atoms with Crippen molar-refractivity contribution in [2.45, 2.75) is 26.9 Å². The molecule has 3 aromatic rings. The van der Waals surface area contributed by atoms with Gasteiger partial charge in [-0.3, -0.25) is 4.68 Å². The van der Waals surface area contributed by atoms with E-state index in [1.807, 2.05) is 26.0 Å². The topological polar surface area (TPSA) is 118 Å². The second kappa shape index (κ2) is 9.01. The molecule has 3 aromatic heterocycles. The Morgan fingerprint density at radius 3 is 2.90 bits per heavy atom. The van der Waals surface area contributed by atoms with Crippen molar-refractivity contribution < 1.29 is 14.6 Å². The van der Waals surface area contributed by atoms with E-state index < -0.39 is 6.09 Å². The fraction of sp³-hybridized carbons (Fsp3) is 0.389. The molecule has 0 radical (unpaired) electrons. The van der Waals surface area contributed by atoms with E-state index in [1.54, 1.807) is 10.9 Å². The Kier molecular flexibility index (Phi) is 6.45. The number of hydrogen-bond acceptors (Lipinski definition) is 7. The summed E-state index contributed by atoms with van der Waals surface area (Å²) in [4.78, 5) is 25.3. The van der Waals surface area contributed by atoms with E-state index in [0.717, 1.165) is 10.5 Å². The summed E-state index contributed by atoms with van der Waals surface area (Å²) >= 11 is 6.15. The van der Waals surface area contributed by atoms with Crippen LogP contribution in [0.15, 0.2) is 18.3 Å². The number of fused-ring (bicyclic) bond motifs is 1. The van der Waals surface area contributed by atoms with Gasteiger partial charge in [-0.2, -0.15) is 10.1 Å². The maximum atomic E-state index is 11.3. The van der Waals surface area contributed by atoms with Crippen molar-refractivity contribution in [3.8, 4) is 0 Å². The molecule has 1 amide bonds. The average molecular weight is 420 g/mol. The van der Waals surface area contributed by atoms with E-state index in [4.69, 9.17) is 16.3 Å². The molecule has 0 saturated heterocycles. The van der Waals surface area contributed by atoms with Crippen LogP contribution in [0, 0.1) is 6.92 Å². The van der Waals surface area contributed by atoms with Gasteiger partial charge in [-0.15, -0.1) is 0 Å². The molecule has 0 aliphatic carbocycles. The number of nitrogens with zero attached hydrogens (tertiary/aromatic N) is 6. The zero-order valence-electron chi connectivity index (χ0n) is 16.4. The maximum absolute atomic E-state index is 11.3. The highest BCUT2D eigenvalue weighted by atomic mass is 35.5. The quantitative estimate of drug-likeness (QED) is 0.422. The fourth-order valence-electron chi connectivity index (χ4n) is 2.79. The van der Waals surface area contributed by atoms with Gasteiger partial charge in [0, 0.05) is 19.9 Å². The molecule has 0 atom stereocenters. The number of aryl methyl sites for hydroxylation is 1. The lowest BCUT2D eigenvalue weighted by molar-refractivity contribution is 0.136. The summed E-state index contributed by atoms with van der Waals surface area (Å²) in [5.41, 5.74) is 2.59. The standard InChI is InChI=1S/C18H22ClN7O3/c1-4-29-8-7-26-15-14(12(24-26)10-25(3)18(27)28)22-17(19)23-16(15)21-13-9-11(2)5-6-20-13/h5-6,9H,4,7-8,10H2,1-3H3,(H,27,28)(H,20,21,22,23). The molecule has 154 valence electrons. The molecule has 0 unspecified atom stereocenters. The Bertz CT molecular complexity index is 1020. The normalized spacial score (nSPS) is 11.0. The van der Waals surface area contributed by atoms with Crippen LogP contribution in [-0.2, 0) is 17.8 Å². The summed E-state index contributed by atoms with van der Waals surface area (Å²) in [7, 11) is 1.46. The van der Waals surface area contributed by atoms with E-state index in [-0.39, 0.29) is 11.8 Å². The van der Waals surface area contributed by atoms with Crippen LogP contribution in [0.25, 0.3) is 11.0 Å². The van der Waals surface area contributed by atoms with Crippen LogP contribution in [0.4, 0.5) is 16.4 Å². The number of rotatable bonds is 8. The molecule has 0 aliphatic rings. The monoisotopic (exact) mass is 419 g/mol. The molecular formula is C18H22ClN7O3. The largest absolute Gasteiger partial charge is 0.465 e. The lowest BCUT2D eigenvalue weighted by Crippen LogP contribution is -2.24. The Hall–Kier alpha value is -2.98. The van der Waals surface area contributed by atoms with Crippen molar-refractivity contribution in [2.24, 2.45) is 0 Å². The van der Waals surface area contributed by atoms with Gasteiger partial charge < -0.3 is 20.1 Å². The summed E-state index contributed by atoms with van der Waals surface area (Å²) in [6, 6.07) is 3.77. The number of hydrogen-bond donors (Lipinski definition) is 2. The molecule has 0 aliphatic heterocycles. The molecular weight excluding hydrogens is 398 g/mol. The van der Waals surface area contributed by atoms with E-state index in [1.165, 1.54) is 7.05 Å². The summed E-state index contributed by atoms with van der Waals surface area (Å²) in [6.07, 6.45) is 0.626. The number of aromatic nitrogens is 5. The second-order valence-electron chi connectivity index (χ2n) is 6.39. The van der Waals surface area contributed by atoms with E-state index in [2.05, 4.69) is 25.4 Å². The highest BCUT2D eigenvalue weighted by Gasteiger charge is 2.21. The summed E-state index contributed by atoms with van der Waals surface area (Å²) in [5.74, 6) is 1.04. The zero-order chi connectivity index (χ0) is 21.0. The summed E-state index contributed by atoms with van der Waals surface area (Å²) in [6.45, 7) is 5.39. The van der Waals surface area contributed by atoms with Crippen molar-refractivity contribution in [1.82, 2.24) is 29.6 Å². The van der Waals surface area contributed by atoms with Crippen LogP contribution in [0.3, 0.4) is 0 Å². The highest BCUT2D eigenvalue weighted by Crippen LogP contribution is 2.28. The molecule has 0 fully saturated rings. The van der Waals surface area contributed by atoms with Crippen LogP contribution in [0.1, 0.15) is 18.2 Å². The first kappa shape index (κ1) is 20.7. The van der Waals surface area contributed by atoms with Gasteiger partial charge in [-0.05, 0) is 43.1 Å². The van der Waals surface area contributed by atoms with Gasteiger partial charge in [0.1, 0.15) is 22.5 Å². The van der Waals surface area contributed by atoms with Gasteiger partial charge in [-0.25, -0.2) is 14.8 Å². The van der Waals surface area contributed by atoms with Gasteiger partial charge >= 0.3 is 6.09 Å². The van der Waals surface area contributed by atoms with Gasteiger partial charge in [-0.1, -0.05) is 0 Å². The number of ether oxygens (including phenoxy) is 1. The van der Waals surface area contributed by atoms with Crippen LogP contribution in [0.5, 0.6) is 0 Å². The molecule has 0 aromatic carbocycles. The Morgan fingerprint density at radius 2 is 2.21 bits per heavy atom. The van der Waals surface area contributed by atoms with Crippen molar-refractivity contribution in [2.75, 3.05) is 25.6 Å². The third kappa shape index (κ3) is 4.90. The first-order chi connectivity index (χ1) is 13.9. The molecule has 29 heavy (non-hydrogen) atoms. The van der Waals surface area contributed by atoms with Crippen molar-refractivity contribution >= 4 is 40.4 Å². The maximum Gasteiger partial charge on any atom is 0.407 e. The molecule has 0 bridgehead atoms. The SMILES string of the molecule is CCOCCn1nc(CN(C)C(=O)O)c2nc(Cl)nc(Nc3cc(C)ccn3)c21. The minimum atomic E-state index is -1.07. The Labute approximate surface area is 172 Å². The number of nitrogens with one attached hydrogen (secondary N) is 1. The van der Waals surface area contributed by atoms with Crippen molar-refractivity contribution in [1.29, 1.82) is 0 Å². The van der Waals surface area contributed by atoms with E-state index >= 15 is 0 Å². The van der Waals surface area contributed by atoms with Gasteiger partial charge in [0.15, 0.2) is 5.82 Å².